The third kappa shape index (κ3) is 7.31. The summed E-state index contributed by atoms with van der Waals surface area (Å²) < 4.78 is 5.88. The molecule has 0 saturated carbocycles. The van der Waals surface area contributed by atoms with E-state index in [0.29, 0.717) is 41.6 Å². The summed E-state index contributed by atoms with van der Waals surface area (Å²) in [6.07, 6.45) is 5.75. The highest BCUT2D eigenvalue weighted by Gasteiger charge is 2.27. The fourth-order valence-corrected chi connectivity index (χ4v) is 6.69. The number of halogens is 1. The second-order valence-electron chi connectivity index (χ2n) is 12.0. The molecule has 1 fully saturated rings. The molecule has 47 heavy (non-hydrogen) atoms. The van der Waals surface area contributed by atoms with Gasteiger partial charge in [-0.15, -0.1) is 0 Å². The van der Waals surface area contributed by atoms with Gasteiger partial charge in [-0.05, 0) is 72.4 Å². The van der Waals surface area contributed by atoms with Gasteiger partial charge < -0.3 is 25.8 Å². The number of anilines is 1. The van der Waals surface area contributed by atoms with Crippen LogP contribution in [0.25, 0.3) is 22.4 Å². The zero-order valence-electron chi connectivity index (χ0n) is 26.6. The number of aliphatic hydroxyl groups is 1. The number of carbonyl (C=O) groups excluding carboxylic acids is 2. The van der Waals surface area contributed by atoms with E-state index in [4.69, 9.17) is 21.4 Å². The van der Waals surface area contributed by atoms with Crippen LogP contribution < -0.4 is 20.7 Å². The number of hydrogen-bond donors (Lipinski definition) is 4. The number of carbonyl (C=O) groups is 2. The Morgan fingerprint density at radius 1 is 1.15 bits per heavy atom. The third-order valence-electron chi connectivity index (χ3n) is 8.87. The number of rotatable bonds is 11. The van der Waals surface area contributed by atoms with Crippen molar-refractivity contribution in [1.29, 1.82) is 0 Å². The lowest BCUT2D eigenvalue weighted by Gasteiger charge is -2.32. The second-order valence-corrected chi connectivity index (χ2v) is 12.4. The fraction of sp³-hybridized carbons (Fsp3) is 0.333. The van der Waals surface area contributed by atoms with Crippen LogP contribution in [0, 0.1) is 6.92 Å². The zero-order valence-corrected chi connectivity index (χ0v) is 27.4. The molecule has 2 aromatic carbocycles. The lowest BCUT2D eigenvalue weighted by atomic mass is 9.93. The zero-order chi connectivity index (χ0) is 32.9. The number of fused-ring (bicyclic) bond motifs is 1. The van der Waals surface area contributed by atoms with E-state index in [2.05, 4.69) is 36.9 Å². The van der Waals surface area contributed by atoms with E-state index in [9.17, 15) is 9.59 Å². The Bertz CT molecular complexity index is 1760. The molecular weight excluding hydrogens is 616 g/mol. The minimum atomic E-state index is -0.311. The lowest BCUT2D eigenvalue weighted by Crippen LogP contribution is -2.41. The standard InChI is InChI=1S/C36H39ClN6O4/c1-22-27(4-3-5-30(22)42-36(46)31-8-6-23(19-40-31)18-38-13-15-44)28-10-12-39-35(34(28)37)25-16-24-11-14-43(20-26-7-9-33(45)41-26)21-29(24)32(17-25)47-2/h3-6,8,10,12,16-17,19,26,38,44H,7,9,11,13-15,18,20-21H2,1-2H3,(H,41,45)(H,42,46)/t26-/m0/s1. The van der Waals surface area contributed by atoms with Gasteiger partial charge in [0, 0.05) is 80.0 Å². The average Bonchev–Trinajstić information content (AvgIpc) is 3.50. The van der Waals surface area contributed by atoms with Gasteiger partial charge in [-0.2, -0.15) is 0 Å². The summed E-state index contributed by atoms with van der Waals surface area (Å²) in [5.41, 5.74) is 8.35. The highest BCUT2D eigenvalue weighted by Crippen LogP contribution is 2.40. The Hall–Kier alpha value is -4.35. The highest BCUT2D eigenvalue weighted by molar-refractivity contribution is 6.35. The summed E-state index contributed by atoms with van der Waals surface area (Å²) in [5.74, 6) is 0.621. The van der Waals surface area contributed by atoms with E-state index in [1.54, 1.807) is 25.6 Å². The first-order valence-electron chi connectivity index (χ1n) is 15.9. The first-order valence-corrected chi connectivity index (χ1v) is 16.3. The molecule has 2 amide bonds. The van der Waals surface area contributed by atoms with Crippen LogP contribution in [-0.2, 0) is 24.3 Å². The molecule has 10 nitrogen and oxygen atoms in total. The van der Waals surface area contributed by atoms with Crippen molar-refractivity contribution in [2.24, 2.45) is 0 Å². The molecule has 4 aromatic rings. The van der Waals surface area contributed by atoms with Crippen molar-refractivity contribution in [3.8, 4) is 28.1 Å². The number of amides is 2. The van der Waals surface area contributed by atoms with E-state index in [-0.39, 0.29) is 24.5 Å². The van der Waals surface area contributed by atoms with E-state index < -0.39 is 0 Å². The number of aliphatic hydroxyl groups excluding tert-OH is 1. The number of nitrogens with zero attached hydrogens (tertiary/aromatic N) is 3. The number of ether oxygens (including phenoxy) is 1. The molecule has 0 aliphatic carbocycles. The molecule has 244 valence electrons. The number of methoxy groups -OCH3 is 1. The molecule has 6 rings (SSSR count). The van der Waals surface area contributed by atoms with E-state index in [1.165, 1.54) is 5.56 Å². The van der Waals surface area contributed by atoms with E-state index >= 15 is 0 Å². The number of hydrogen-bond acceptors (Lipinski definition) is 8. The van der Waals surface area contributed by atoms with Gasteiger partial charge >= 0.3 is 0 Å². The minimum absolute atomic E-state index is 0.0604. The molecular formula is C36H39ClN6O4. The molecule has 0 radical (unpaired) electrons. The molecule has 2 aliphatic heterocycles. The number of nitrogens with one attached hydrogen (secondary N) is 3. The van der Waals surface area contributed by atoms with Crippen molar-refractivity contribution in [2.45, 2.75) is 45.3 Å². The van der Waals surface area contributed by atoms with Crippen LogP contribution in [0.2, 0.25) is 5.02 Å². The van der Waals surface area contributed by atoms with Gasteiger partial charge in [0.25, 0.3) is 5.91 Å². The van der Waals surface area contributed by atoms with Crippen LogP contribution >= 0.6 is 11.6 Å². The Kier molecular flexibility index (Phi) is 10.1. The Morgan fingerprint density at radius 3 is 2.77 bits per heavy atom. The number of benzene rings is 2. The molecule has 0 bridgehead atoms. The molecule has 0 spiro atoms. The molecule has 4 heterocycles. The summed E-state index contributed by atoms with van der Waals surface area (Å²) in [7, 11) is 1.69. The molecule has 2 aliphatic rings. The fourth-order valence-electron chi connectivity index (χ4n) is 6.36. The van der Waals surface area contributed by atoms with Crippen molar-refractivity contribution in [2.75, 3.05) is 38.7 Å². The predicted octanol–water partition coefficient (Wildman–Crippen LogP) is 4.75. The van der Waals surface area contributed by atoms with Gasteiger partial charge in [-0.3, -0.25) is 24.5 Å². The third-order valence-corrected chi connectivity index (χ3v) is 9.26. The molecule has 11 heteroatoms. The van der Waals surface area contributed by atoms with Crippen LogP contribution in [0.1, 0.15) is 45.6 Å². The van der Waals surface area contributed by atoms with E-state index in [0.717, 1.165) is 71.6 Å². The van der Waals surface area contributed by atoms with Gasteiger partial charge in [0.05, 0.1) is 24.4 Å². The number of pyridine rings is 2. The topological polar surface area (TPSA) is 129 Å². The largest absolute Gasteiger partial charge is 0.496 e. The Morgan fingerprint density at radius 2 is 2.02 bits per heavy atom. The van der Waals surface area contributed by atoms with Crippen molar-refractivity contribution < 1.29 is 19.4 Å². The van der Waals surface area contributed by atoms with Gasteiger partial charge in [-0.1, -0.05) is 29.8 Å². The molecule has 1 saturated heterocycles. The molecule has 0 unspecified atom stereocenters. The normalized spacial score (nSPS) is 16.1. The minimum Gasteiger partial charge on any atom is -0.496 e. The predicted molar refractivity (Wildman–Crippen MR) is 183 cm³/mol. The maximum atomic E-state index is 13.1. The van der Waals surface area contributed by atoms with Crippen LogP contribution in [-0.4, -0.2) is 71.2 Å². The lowest BCUT2D eigenvalue weighted by molar-refractivity contribution is -0.119. The van der Waals surface area contributed by atoms with Crippen LogP contribution in [0.4, 0.5) is 5.69 Å². The summed E-state index contributed by atoms with van der Waals surface area (Å²) in [6, 6.07) is 15.5. The average molecular weight is 655 g/mol. The van der Waals surface area contributed by atoms with Crippen LogP contribution in [0.3, 0.4) is 0 Å². The van der Waals surface area contributed by atoms with Crippen molar-refractivity contribution in [1.82, 2.24) is 25.5 Å². The van der Waals surface area contributed by atoms with Gasteiger partial charge in [0.15, 0.2) is 0 Å². The van der Waals surface area contributed by atoms with Gasteiger partial charge in [0.2, 0.25) is 5.91 Å². The highest BCUT2D eigenvalue weighted by atomic mass is 35.5. The van der Waals surface area contributed by atoms with Crippen molar-refractivity contribution in [3.63, 3.8) is 0 Å². The summed E-state index contributed by atoms with van der Waals surface area (Å²) in [6.45, 7) is 5.55. The quantitative estimate of drug-likeness (QED) is 0.171. The first kappa shape index (κ1) is 32.6. The van der Waals surface area contributed by atoms with Crippen molar-refractivity contribution >= 4 is 29.1 Å². The Balaban J connectivity index is 1.22. The Labute approximate surface area is 279 Å². The van der Waals surface area contributed by atoms with E-state index in [1.807, 2.05) is 43.3 Å². The summed E-state index contributed by atoms with van der Waals surface area (Å²) in [4.78, 5) is 36.2. The van der Waals surface area contributed by atoms with Gasteiger partial charge in [0.1, 0.15) is 11.4 Å². The van der Waals surface area contributed by atoms with Crippen LogP contribution in [0.5, 0.6) is 5.75 Å². The summed E-state index contributed by atoms with van der Waals surface area (Å²) in [5, 5.41) is 18.6. The van der Waals surface area contributed by atoms with Crippen LogP contribution in [0.15, 0.2) is 60.9 Å². The monoisotopic (exact) mass is 654 g/mol. The summed E-state index contributed by atoms with van der Waals surface area (Å²) >= 11 is 7.11. The maximum absolute atomic E-state index is 13.1. The molecule has 1 atom stereocenters. The smallest absolute Gasteiger partial charge is 0.274 e. The molecule has 4 N–H and O–H groups in total. The maximum Gasteiger partial charge on any atom is 0.274 e. The first-order chi connectivity index (χ1) is 22.8. The SMILES string of the molecule is COc1cc(-c2nccc(-c3cccc(NC(=O)c4ccc(CNCCO)cn4)c3C)c2Cl)cc2c1CN(C[C@@H]1CCC(=O)N1)CC2. The van der Waals surface area contributed by atoms with Gasteiger partial charge in [-0.25, -0.2) is 0 Å². The second kappa shape index (κ2) is 14.6. The molecule has 2 aromatic heterocycles. The van der Waals surface area contributed by atoms with Crippen molar-refractivity contribution in [3.05, 3.63) is 93.9 Å². The number of aromatic nitrogens is 2.